The summed E-state index contributed by atoms with van der Waals surface area (Å²) in [6, 6.07) is 0.638. The standard InChI is InChI=1S/C13H21N5O/c1-17-5-2-3-9-8-18(6-4-11(9)17)13(19)10-7-15-16-12(10)14/h7,9,11H,2-6,8H2,1H3,(H3,14,15,16). The SMILES string of the molecule is CN1CCCC2CN(C(=O)c3cn[nH]c3N)CCC21. The maximum Gasteiger partial charge on any atom is 0.259 e. The molecule has 104 valence electrons. The van der Waals surface area contributed by atoms with Crippen molar-refractivity contribution in [1.82, 2.24) is 20.0 Å². The van der Waals surface area contributed by atoms with E-state index in [0.29, 0.717) is 23.3 Å². The smallest absolute Gasteiger partial charge is 0.259 e. The van der Waals surface area contributed by atoms with Crippen molar-refractivity contribution in [3.05, 3.63) is 11.8 Å². The van der Waals surface area contributed by atoms with Crippen molar-refractivity contribution >= 4 is 11.7 Å². The van der Waals surface area contributed by atoms with Gasteiger partial charge in [-0.25, -0.2) is 0 Å². The number of anilines is 1. The minimum absolute atomic E-state index is 0.0120. The molecule has 3 heterocycles. The van der Waals surface area contributed by atoms with Crippen LogP contribution in [0.4, 0.5) is 5.82 Å². The normalized spacial score (nSPS) is 28.2. The number of rotatable bonds is 1. The molecule has 2 aliphatic rings. The Bertz CT molecular complexity index is 471. The lowest BCUT2D eigenvalue weighted by molar-refractivity contribution is 0.0317. The van der Waals surface area contributed by atoms with Gasteiger partial charge in [0.15, 0.2) is 0 Å². The molecule has 3 rings (SSSR count). The van der Waals surface area contributed by atoms with Crippen LogP contribution in [0.1, 0.15) is 29.6 Å². The molecule has 6 nitrogen and oxygen atoms in total. The van der Waals surface area contributed by atoms with Gasteiger partial charge in [-0.15, -0.1) is 0 Å². The second-order valence-corrected chi connectivity index (χ2v) is 5.69. The number of fused-ring (bicyclic) bond motifs is 1. The Kier molecular flexibility index (Phi) is 3.18. The van der Waals surface area contributed by atoms with E-state index < -0.39 is 0 Å². The fourth-order valence-electron chi connectivity index (χ4n) is 3.47. The van der Waals surface area contributed by atoms with Gasteiger partial charge in [-0.2, -0.15) is 5.10 Å². The second-order valence-electron chi connectivity index (χ2n) is 5.69. The molecule has 0 spiro atoms. The molecule has 2 unspecified atom stereocenters. The topological polar surface area (TPSA) is 78.2 Å². The van der Waals surface area contributed by atoms with Crippen molar-refractivity contribution in [2.75, 3.05) is 32.4 Å². The first kappa shape index (κ1) is 12.5. The van der Waals surface area contributed by atoms with Crippen molar-refractivity contribution in [3.8, 4) is 0 Å². The molecule has 3 N–H and O–H groups in total. The molecule has 2 aliphatic heterocycles. The molecular weight excluding hydrogens is 242 g/mol. The van der Waals surface area contributed by atoms with Crippen LogP contribution in [0.3, 0.4) is 0 Å². The van der Waals surface area contributed by atoms with E-state index in [-0.39, 0.29) is 5.91 Å². The van der Waals surface area contributed by atoms with Crippen LogP contribution < -0.4 is 5.73 Å². The monoisotopic (exact) mass is 263 g/mol. The minimum Gasteiger partial charge on any atom is -0.383 e. The Morgan fingerprint density at radius 3 is 3.05 bits per heavy atom. The predicted molar refractivity (Wildman–Crippen MR) is 72.7 cm³/mol. The number of aromatic nitrogens is 2. The van der Waals surface area contributed by atoms with Crippen molar-refractivity contribution in [1.29, 1.82) is 0 Å². The molecule has 0 saturated carbocycles. The van der Waals surface area contributed by atoms with Gasteiger partial charge in [0.1, 0.15) is 11.4 Å². The van der Waals surface area contributed by atoms with Gasteiger partial charge in [0, 0.05) is 19.1 Å². The van der Waals surface area contributed by atoms with Crippen LogP contribution in [0.25, 0.3) is 0 Å². The fourth-order valence-corrected chi connectivity index (χ4v) is 3.47. The number of piperidine rings is 2. The molecule has 2 saturated heterocycles. The van der Waals surface area contributed by atoms with E-state index in [1.54, 1.807) is 0 Å². The van der Waals surface area contributed by atoms with Crippen molar-refractivity contribution < 1.29 is 4.79 Å². The number of nitrogens with zero attached hydrogens (tertiary/aromatic N) is 3. The zero-order valence-corrected chi connectivity index (χ0v) is 11.3. The summed E-state index contributed by atoms with van der Waals surface area (Å²) in [6.07, 6.45) is 5.04. The van der Waals surface area contributed by atoms with Gasteiger partial charge in [-0.05, 0) is 38.8 Å². The Balaban J connectivity index is 1.71. The van der Waals surface area contributed by atoms with E-state index in [0.717, 1.165) is 19.5 Å². The Hall–Kier alpha value is -1.56. The lowest BCUT2D eigenvalue weighted by Gasteiger charge is -2.45. The van der Waals surface area contributed by atoms with E-state index in [1.807, 2.05) is 4.90 Å². The molecule has 0 aromatic carbocycles. The number of carbonyl (C=O) groups is 1. The summed E-state index contributed by atoms with van der Waals surface area (Å²) in [5.41, 5.74) is 6.23. The molecule has 1 aromatic rings. The average molecular weight is 263 g/mol. The lowest BCUT2D eigenvalue weighted by Crippen LogP contribution is -2.53. The van der Waals surface area contributed by atoms with Crippen molar-refractivity contribution in [2.45, 2.75) is 25.3 Å². The number of nitrogen functional groups attached to an aromatic ring is 1. The fraction of sp³-hybridized carbons (Fsp3) is 0.692. The van der Waals surface area contributed by atoms with Crippen molar-refractivity contribution in [3.63, 3.8) is 0 Å². The van der Waals surface area contributed by atoms with Gasteiger partial charge in [-0.1, -0.05) is 0 Å². The van der Waals surface area contributed by atoms with Crippen LogP contribution in [-0.2, 0) is 0 Å². The maximum absolute atomic E-state index is 12.4. The quantitative estimate of drug-likeness (QED) is 0.775. The van der Waals surface area contributed by atoms with Crippen LogP contribution >= 0.6 is 0 Å². The molecule has 6 heteroatoms. The number of H-pyrrole nitrogens is 1. The first-order valence-corrected chi connectivity index (χ1v) is 6.95. The van der Waals surface area contributed by atoms with Crippen LogP contribution in [-0.4, -0.2) is 58.6 Å². The van der Waals surface area contributed by atoms with Gasteiger partial charge >= 0.3 is 0 Å². The summed E-state index contributed by atoms with van der Waals surface area (Å²) in [5, 5.41) is 6.45. The molecule has 2 fully saturated rings. The van der Waals surface area contributed by atoms with E-state index in [1.165, 1.54) is 25.6 Å². The number of hydrogen-bond donors (Lipinski definition) is 2. The molecule has 1 amide bonds. The zero-order chi connectivity index (χ0) is 13.4. The van der Waals surface area contributed by atoms with Gasteiger partial charge in [-0.3, -0.25) is 9.89 Å². The summed E-state index contributed by atoms with van der Waals surface area (Å²) in [7, 11) is 2.20. The van der Waals surface area contributed by atoms with E-state index in [4.69, 9.17) is 5.73 Å². The van der Waals surface area contributed by atoms with Crippen LogP contribution in [0.5, 0.6) is 0 Å². The van der Waals surface area contributed by atoms with Gasteiger partial charge in [0.2, 0.25) is 0 Å². The lowest BCUT2D eigenvalue weighted by atomic mass is 9.84. The third-order valence-electron chi connectivity index (χ3n) is 4.53. The Morgan fingerprint density at radius 2 is 2.32 bits per heavy atom. The van der Waals surface area contributed by atoms with Gasteiger partial charge in [0.05, 0.1) is 6.20 Å². The third-order valence-corrected chi connectivity index (χ3v) is 4.53. The highest BCUT2D eigenvalue weighted by molar-refractivity contribution is 5.98. The van der Waals surface area contributed by atoms with E-state index in [9.17, 15) is 4.79 Å². The summed E-state index contributed by atoms with van der Waals surface area (Å²) >= 11 is 0. The molecular formula is C13H21N5O. The molecule has 19 heavy (non-hydrogen) atoms. The maximum atomic E-state index is 12.4. The molecule has 2 atom stereocenters. The molecule has 0 aliphatic carbocycles. The van der Waals surface area contributed by atoms with Gasteiger partial charge < -0.3 is 15.5 Å². The highest BCUT2D eigenvalue weighted by Crippen LogP contribution is 2.30. The number of nitrogens with two attached hydrogens (primary N) is 1. The Morgan fingerprint density at radius 1 is 1.47 bits per heavy atom. The number of nitrogens with one attached hydrogen (secondary N) is 1. The van der Waals surface area contributed by atoms with Crippen LogP contribution in [0.2, 0.25) is 0 Å². The first-order valence-electron chi connectivity index (χ1n) is 6.95. The molecule has 0 radical (unpaired) electrons. The summed E-state index contributed by atoms with van der Waals surface area (Å²) in [6.45, 7) is 2.84. The summed E-state index contributed by atoms with van der Waals surface area (Å²) in [4.78, 5) is 16.8. The first-order chi connectivity index (χ1) is 9.16. The zero-order valence-electron chi connectivity index (χ0n) is 11.3. The number of aromatic amines is 1. The minimum atomic E-state index is 0.0120. The highest BCUT2D eigenvalue weighted by atomic mass is 16.2. The number of hydrogen-bond acceptors (Lipinski definition) is 4. The van der Waals surface area contributed by atoms with Crippen molar-refractivity contribution in [2.24, 2.45) is 5.92 Å². The largest absolute Gasteiger partial charge is 0.383 e. The number of amides is 1. The predicted octanol–water partition coefficient (Wildman–Crippen LogP) is 0.548. The highest BCUT2D eigenvalue weighted by Gasteiger charge is 2.36. The summed E-state index contributed by atoms with van der Waals surface area (Å²) < 4.78 is 0. The van der Waals surface area contributed by atoms with E-state index in [2.05, 4.69) is 22.1 Å². The number of likely N-dealkylation sites (tertiary alicyclic amines) is 2. The summed E-state index contributed by atoms with van der Waals surface area (Å²) in [5.74, 6) is 0.982. The van der Waals surface area contributed by atoms with Gasteiger partial charge in [0.25, 0.3) is 5.91 Å². The van der Waals surface area contributed by atoms with E-state index >= 15 is 0 Å². The number of carbonyl (C=O) groups excluding carboxylic acids is 1. The van der Waals surface area contributed by atoms with Crippen LogP contribution in [0.15, 0.2) is 6.20 Å². The Labute approximate surface area is 112 Å². The molecule has 0 bridgehead atoms. The second kappa shape index (κ2) is 4.85. The third kappa shape index (κ3) is 2.20. The average Bonchev–Trinajstić information content (AvgIpc) is 2.84. The van der Waals surface area contributed by atoms with Crippen LogP contribution in [0, 0.1) is 5.92 Å². The molecule has 1 aromatic heterocycles.